The summed E-state index contributed by atoms with van der Waals surface area (Å²) in [4.78, 5) is 11.2. The van der Waals surface area contributed by atoms with Crippen LogP contribution >= 0.6 is 0 Å². The first-order valence-corrected chi connectivity index (χ1v) is 14.5. The summed E-state index contributed by atoms with van der Waals surface area (Å²) in [5, 5.41) is 12.1. The van der Waals surface area contributed by atoms with Crippen molar-refractivity contribution in [3.8, 4) is 0 Å². The molecule has 0 aliphatic carbocycles. The van der Waals surface area contributed by atoms with Gasteiger partial charge in [0.2, 0.25) is 5.95 Å². The lowest BCUT2D eigenvalue weighted by Crippen LogP contribution is -2.23. The number of hydrogen-bond acceptors (Lipinski definition) is 10. The Balaban J connectivity index is 1.70. The highest BCUT2D eigenvalue weighted by Crippen LogP contribution is 2.24. The van der Waals surface area contributed by atoms with E-state index in [1.165, 1.54) is 29.5 Å². The molecule has 0 bridgehead atoms. The van der Waals surface area contributed by atoms with E-state index in [0.29, 0.717) is 58.8 Å². The number of benzene rings is 1. The highest BCUT2D eigenvalue weighted by atomic mass is 16.6. The molecule has 0 atom stereocenters. The number of ether oxygens (including phenoxy) is 4. The Morgan fingerprint density at radius 2 is 1.55 bits per heavy atom. The van der Waals surface area contributed by atoms with Crippen LogP contribution in [-0.2, 0) is 31.9 Å². The maximum absolute atomic E-state index is 8.63. The zero-order valence-electron chi connectivity index (χ0n) is 25.0. The first-order chi connectivity index (χ1) is 19.4. The Bertz CT molecular complexity index is 962. The summed E-state index contributed by atoms with van der Waals surface area (Å²) < 4.78 is 21.7. The lowest BCUT2D eigenvalue weighted by Gasteiger charge is -2.18. The van der Waals surface area contributed by atoms with Crippen LogP contribution in [0.3, 0.4) is 0 Å². The van der Waals surface area contributed by atoms with Crippen LogP contribution in [0.25, 0.3) is 0 Å². The number of aliphatic hydroxyl groups excluding tert-OH is 1. The third-order valence-electron chi connectivity index (χ3n) is 6.50. The fraction of sp³-hybridized carbons (Fsp3) is 0.667. The molecule has 1 aromatic heterocycles. The van der Waals surface area contributed by atoms with Crippen molar-refractivity contribution in [1.29, 1.82) is 0 Å². The van der Waals surface area contributed by atoms with E-state index in [-0.39, 0.29) is 6.61 Å². The predicted molar refractivity (Wildman–Crippen MR) is 160 cm³/mol. The molecule has 2 rings (SSSR count). The minimum atomic E-state index is 0.0339. The molecule has 0 aliphatic heterocycles. The topological polar surface area (TPSA) is 124 Å². The van der Waals surface area contributed by atoms with E-state index < -0.39 is 0 Å². The van der Waals surface area contributed by atoms with Gasteiger partial charge in [0.25, 0.3) is 0 Å². The molecule has 0 spiro atoms. The summed E-state index contributed by atoms with van der Waals surface area (Å²) in [5.74, 6) is 1.16. The van der Waals surface area contributed by atoms with Crippen molar-refractivity contribution < 1.29 is 24.1 Å². The van der Waals surface area contributed by atoms with Gasteiger partial charge in [0, 0.05) is 37.3 Å². The Hall–Kier alpha value is -2.34. The molecular weight excluding hydrogens is 510 g/mol. The van der Waals surface area contributed by atoms with Gasteiger partial charge in [0.1, 0.15) is 5.82 Å². The van der Waals surface area contributed by atoms with Gasteiger partial charge in [-0.3, -0.25) is 4.90 Å². The molecule has 226 valence electrons. The molecular formula is C30H51N5O5. The second-order valence-electron chi connectivity index (χ2n) is 9.98. The highest BCUT2D eigenvalue weighted by Gasteiger charge is 2.13. The lowest BCUT2D eigenvalue weighted by atomic mass is 9.97. The van der Waals surface area contributed by atoms with E-state index >= 15 is 0 Å². The number of likely N-dealkylation sites (N-methyl/N-ethyl adjacent to an activating group) is 1. The Labute approximate surface area is 240 Å². The monoisotopic (exact) mass is 561 g/mol. The average Bonchev–Trinajstić information content (AvgIpc) is 2.92. The summed E-state index contributed by atoms with van der Waals surface area (Å²) in [6.07, 6.45) is 4.26. The molecule has 1 aromatic carbocycles. The van der Waals surface area contributed by atoms with Crippen LogP contribution in [0, 0.1) is 13.8 Å². The standard InChI is InChI=1S/C30H51N5O5/c1-5-6-7-10-32-29-28(25(3)33-30(31)34-29)22-27-9-8-26(21-24(27)2)23-35(4)11-13-37-15-17-39-19-20-40-18-16-38-14-12-36/h8-9,21,36H,5-7,10-20,22-23H2,1-4H3,(H3,31,32,33,34). The Morgan fingerprint density at radius 1 is 0.900 bits per heavy atom. The molecule has 10 nitrogen and oxygen atoms in total. The normalized spacial score (nSPS) is 11.4. The van der Waals surface area contributed by atoms with Gasteiger partial charge in [-0.2, -0.15) is 4.98 Å². The summed E-state index contributed by atoms with van der Waals surface area (Å²) in [6, 6.07) is 6.69. The number of aromatic nitrogens is 2. The smallest absolute Gasteiger partial charge is 0.222 e. The second-order valence-corrected chi connectivity index (χ2v) is 9.98. The fourth-order valence-corrected chi connectivity index (χ4v) is 4.24. The van der Waals surface area contributed by atoms with Gasteiger partial charge in [-0.25, -0.2) is 4.98 Å². The predicted octanol–water partition coefficient (Wildman–Crippen LogP) is 3.36. The van der Waals surface area contributed by atoms with Crippen molar-refractivity contribution in [2.45, 2.75) is 53.0 Å². The van der Waals surface area contributed by atoms with E-state index in [1.54, 1.807) is 0 Å². The summed E-state index contributed by atoms with van der Waals surface area (Å²) >= 11 is 0. The van der Waals surface area contributed by atoms with E-state index in [1.807, 2.05) is 6.92 Å². The van der Waals surface area contributed by atoms with E-state index in [4.69, 9.17) is 29.8 Å². The van der Waals surface area contributed by atoms with E-state index in [0.717, 1.165) is 49.6 Å². The highest BCUT2D eigenvalue weighted by molar-refractivity contribution is 5.52. The van der Waals surface area contributed by atoms with Gasteiger partial charge in [0.05, 0.1) is 59.5 Å². The Morgan fingerprint density at radius 3 is 2.17 bits per heavy atom. The number of nitrogens with two attached hydrogens (primary N) is 1. The zero-order chi connectivity index (χ0) is 29.0. The maximum atomic E-state index is 8.63. The molecule has 2 aromatic rings. The van der Waals surface area contributed by atoms with Gasteiger partial charge in [0.15, 0.2) is 0 Å². The number of aryl methyl sites for hydroxylation is 2. The average molecular weight is 562 g/mol. The van der Waals surface area contributed by atoms with Crippen LogP contribution in [0.5, 0.6) is 0 Å². The van der Waals surface area contributed by atoms with Gasteiger partial charge in [-0.05, 0) is 44.0 Å². The number of nitrogen functional groups attached to an aromatic ring is 1. The fourth-order valence-electron chi connectivity index (χ4n) is 4.24. The SMILES string of the molecule is CCCCCNc1nc(N)nc(C)c1Cc1ccc(CN(C)CCOCCOCCOCCOCCO)cc1C. The number of rotatable bonds is 23. The van der Waals surface area contributed by atoms with Gasteiger partial charge in [-0.1, -0.05) is 38.0 Å². The van der Waals surface area contributed by atoms with Crippen LogP contribution in [0.4, 0.5) is 11.8 Å². The molecule has 0 saturated carbocycles. The molecule has 0 fully saturated rings. The van der Waals surface area contributed by atoms with Crippen LogP contribution in [0.1, 0.15) is 54.1 Å². The van der Waals surface area contributed by atoms with E-state index in [2.05, 4.69) is 59.3 Å². The largest absolute Gasteiger partial charge is 0.394 e. The number of nitrogens with one attached hydrogen (secondary N) is 1. The molecule has 10 heteroatoms. The first kappa shape index (κ1) is 33.9. The molecule has 0 amide bonds. The van der Waals surface area contributed by atoms with Crippen LogP contribution in [0.15, 0.2) is 18.2 Å². The van der Waals surface area contributed by atoms with Crippen molar-refractivity contribution in [1.82, 2.24) is 14.9 Å². The third kappa shape index (κ3) is 13.8. The van der Waals surface area contributed by atoms with Gasteiger partial charge >= 0.3 is 0 Å². The van der Waals surface area contributed by atoms with Gasteiger partial charge in [-0.15, -0.1) is 0 Å². The number of anilines is 2. The van der Waals surface area contributed by atoms with Crippen LogP contribution in [0.2, 0.25) is 0 Å². The minimum absolute atomic E-state index is 0.0339. The lowest BCUT2D eigenvalue weighted by molar-refractivity contribution is -0.00687. The van der Waals surface area contributed by atoms with Crippen LogP contribution in [-0.4, -0.2) is 99.6 Å². The number of unbranched alkanes of at least 4 members (excludes halogenated alkanes) is 2. The van der Waals surface area contributed by atoms with Crippen molar-refractivity contribution in [2.24, 2.45) is 0 Å². The molecule has 0 aliphatic rings. The van der Waals surface area contributed by atoms with Crippen molar-refractivity contribution >= 4 is 11.8 Å². The Kier molecular flexibility index (Phi) is 17.4. The summed E-state index contributed by atoms with van der Waals surface area (Å²) in [5.41, 5.74) is 11.8. The van der Waals surface area contributed by atoms with Crippen LogP contribution < -0.4 is 11.1 Å². The molecule has 0 unspecified atom stereocenters. The van der Waals surface area contributed by atoms with Crippen molar-refractivity contribution in [2.75, 3.05) is 90.6 Å². The molecule has 0 saturated heterocycles. The maximum Gasteiger partial charge on any atom is 0.222 e. The molecule has 0 radical (unpaired) electrons. The molecule has 1 heterocycles. The van der Waals surface area contributed by atoms with Crippen molar-refractivity contribution in [3.63, 3.8) is 0 Å². The number of hydrogen-bond donors (Lipinski definition) is 3. The summed E-state index contributed by atoms with van der Waals surface area (Å²) in [7, 11) is 2.11. The first-order valence-electron chi connectivity index (χ1n) is 14.5. The van der Waals surface area contributed by atoms with Crippen molar-refractivity contribution in [3.05, 3.63) is 46.1 Å². The van der Waals surface area contributed by atoms with E-state index in [9.17, 15) is 0 Å². The molecule has 4 N–H and O–H groups in total. The third-order valence-corrected chi connectivity index (χ3v) is 6.50. The minimum Gasteiger partial charge on any atom is -0.394 e. The second kappa shape index (κ2) is 20.5. The zero-order valence-corrected chi connectivity index (χ0v) is 25.0. The number of aliphatic hydroxyl groups is 1. The van der Waals surface area contributed by atoms with Gasteiger partial charge < -0.3 is 35.1 Å². The molecule has 40 heavy (non-hydrogen) atoms. The number of nitrogens with zero attached hydrogens (tertiary/aromatic N) is 3. The quantitative estimate of drug-likeness (QED) is 0.174. The summed E-state index contributed by atoms with van der Waals surface area (Å²) in [6.45, 7) is 13.1.